The number of fused-ring (bicyclic) bond motifs is 2. The molecule has 2 aromatic rings. The van der Waals surface area contributed by atoms with Gasteiger partial charge >= 0.3 is 0 Å². The van der Waals surface area contributed by atoms with Gasteiger partial charge in [-0.25, -0.2) is 21.6 Å². The zero-order chi connectivity index (χ0) is 25.0. The summed E-state index contributed by atoms with van der Waals surface area (Å²) in [6.07, 6.45) is 1.35. The van der Waals surface area contributed by atoms with Crippen LogP contribution < -0.4 is 11.1 Å². The number of nitrogens with one attached hydrogen (secondary N) is 1. The maximum absolute atomic E-state index is 13.7. The molecule has 2 fully saturated rings. The SMILES string of the molecule is C[C@H]1C[C@H]2C[C@@](N)(CO)CC1C2S(=O)(=O)c1cc(C(=O)Nc2cc(F)c(F)c(F)c2)ccc1Cl. The molecule has 2 saturated carbocycles. The van der Waals surface area contributed by atoms with Gasteiger partial charge in [-0.05, 0) is 55.2 Å². The van der Waals surface area contributed by atoms with Crippen LogP contribution in [0.2, 0.25) is 5.02 Å². The summed E-state index contributed by atoms with van der Waals surface area (Å²) < 4.78 is 67.6. The standard InChI is InChI=1S/C23H24ClF3N2O4S/c1-11-4-13-8-23(28,10-30)9-15(11)21(13)34(32,33)19-5-12(2-3-16(19)24)22(31)29-14-6-17(25)20(27)18(26)7-14/h2-3,5-7,11,13,15,21,30H,4,8-10,28H2,1H3,(H,29,31)/t11-,13-,15?,21?,23-/m0/s1. The topological polar surface area (TPSA) is 109 Å². The highest BCUT2D eigenvalue weighted by Crippen LogP contribution is 2.53. The van der Waals surface area contributed by atoms with Gasteiger partial charge in [-0.3, -0.25) is 4.79 Å². The molecular formula is C23H24ClF3N2O4S. The molecule has 0 spiro atoms. The molecule has 4 N–H and O–H groups in total. The van der Waals surface area contributed by atoms with E-state index in [0.29, 0.717) is 31.4 Å². The maximum Gasteiger partial charge on any atom is 0.255 e. The van der Waals surface area contributed by atoms with Gasteiger partial charge in [0.1, 0.15) is 0 Å². The Morgan fingerprint density at radius 3 is 2.44 bits per heavy atom. The van der Waals surface area contributed by atoms with Crippen LogP contribution in [0.4, 0.5) is 18.9 Å². The molecule has 0 heterocycles. The van der Waals surface area contributed by atoms with Crippen molar-refractivity contribution in [3.8, 4) is 0 Å². The van der Waals surface area contributed by atoms with Gasteiger partial charge in [-0.1, -0.05) is 18.5 Å². The Hall–Kier alpha value is -2.14. The van der Waals surface area contributed by atoms with Gasteiger partial charge in [0.25, 0.3) is 5.91 Å². The first-order valence-corrected chi connectivity index (χ1v) is 12.7. The van der Waals surface area contributed by atoms with Crippen molar-refractivity contribution in [2.24, 2.45) is 23.5 Å². The van der Waals surface area contributed by atoms with Crippen molar-refractivity contribution in [2.75, 3.05) is 11.9 Å². The summed E-state index contributed by atoms with van der Waals surface area (Å²) in [6.45, 7) is 1.73. The summed E-state index contributed by atoms with van der Waals surface area (Å²) in [5.41, 5.74) is 5.01. The summed E-state index contributed by atoms with van der Waals surface area (Å²) in [6, 6.07) is 4.91. The Morgan fingerprint density at radius 2 is 1.85 bits per heavy atom. The van der Waals surface area contributed by atoms with Crippen LogP contribution in [0.15, 0.2) is 35.2 Å². The number of nitrogens with two attached hydrogens (primary N) is 1. The second-order valence-electron chi connectivity index (χ2n) is 9.43. The largest absolute Gasteiger partial charge is 0.394 e. The van der Waals surface area contributed by atoms with E-state index in [1.165, 1.54) is 12.1 Å². The lowest BCUT2D eigenvalue weighted by atomic mass is 9.75. The Balaban J connectivity index is 1.65. The summed E-state index contributed by atoms with van der Waals surface area (Å²) in [7, 11) is -3.99. The highest BCUT2D eigenvalue weighted by atomic mass is 35.5. The number of aliphatic hydroxyl groups is 1. The third-order valence-electron chi connectivity index (χ3n) is 7.02. The first kappa shape index (κ1) is 25.0. The Kier molecular flexibility index (Phi) is 6.48. The molecule has 2 bridgehead atoms. The summed E-state index contributed by atoms with van der Waals surface area (Å²) in [5, 5.41) is 11.1. The predicted octanol–water partition coefficient (Wildman–Crippen LogP) is 3.91. The molecule has 11 heteroatoms. The van der Waals surface area contributed by atoms with E-state index in [-0.39, 0.29) is 45.5 Å². The Morgan fingerprint density at radius 1 is 1.21 bits per heavy atom. The van der Waals surface area contributed by atoms with Crippen LogP contribution in [-0.4, -0.2) is 36.8 Å². The Labute approximate surface area is 200 Å². The van der Waals surface area contributed by atoms with E-state index in [1.807, 2.05) is 6.92 Å². The number of aliphatic hydroxyl groups excluding tert-OH is 1. The van der Waals surface area contributed by atoms with Crippen LogP contribution in [0.5, 0.6) is 0 Å². The smallest absolute Gasteiger partial charge is 0.255 e. The maximum atomic E-state index is 13.7. The molecule has 1 amide bonds. The number of amides is 1. The minimum atomic E-state index is -3.99. The van der Waals surface area contributed by atoms with E-state index in [1.54, 1.807) is 0 Å². The number of benzene rings is 2. The van der Waals surface area contributed by atoms with Crippen LogP contribution in [0, 0.1) is 35.2 Å². The van der Waals surface area contributed by atoms with Gasteiger partial charge in [0.15, 0.2) is 27.3 Å². The summed E-state index contributed by atoms with van der Waals surface area (Å²) in [4.78, 5) is 12.5. The molecule has 34 heavy (non-hydrogen) atoms. The molecule has 2 unspecified atom stereocenters. The molecule has 0 radical (unpaired) electrons. The number of hydrogen-bond donors (Lipinski definition) is 3. The number of hydrogen-bond acceptors (Lipinski definition) is 5. The van der Waals surface area contributed by atoms with Gasteiger partial charge in [0, 0.05) is 28.9 Å². The van der Waals surface area contributed by atoms with Crippen LogP contribution in [0.3, 0.4) is 0 Å². The third kappa shape index (κ3) is 4.32. The fourth-order valence-electron chi connectivity index (χ4n) is 5.50. The zero-order valence-electron chi connectivity index (χ0n) is 18.2. The zero-order valence-corrected chi connectivity index (χ0v) is 19.8. The molecular weight excluding hydrogens is 493 g/mol. The fourth-order valence-corrected chi connectivity index (χ4v) is 8.41. The minimum Gasteiger partial charge on any atom is -0.394 e. The third-order valence-corrected chi connectivity index (χ3v) is 9.86. The van der Waals surface area contributed by atoms with Crippen LogP contribution >= 0.6 is 11.6 Å². The van der Waals surface area contributed by atoms with E-state index < -0.39 is 44.0 Å². The first-order valence-electron chi connectivity index (χ1n) is 10.8. The monoisotopic (exact) mass is 516 g/mol. The number of sulfone groups is 1. The second kappa shape index (κ2) is 8.82. The first-order chi connectivity index (χ1) is 15.9. The number of anilines is 1. The predicted molar refractivity (Wildman–Crippen MR) is 121 cm³/mol. The number of halogens is 4. The molecule has 5 atom stereocenters. The van der Waals surface area contributed by atoms with E-state index in [2.05, 4.69) is 5.32 Å². The quantitative estimate of drug-likeness (QED) is 0.522. The van der Waals surface area contributed by atoms with Crippen molar-refractivity contribution in [3.63, 3.8) is 0 Å². The normalized spacial score (nSPS) is 28.7. The molecule has 0 saturated heterocycles. The average molecular weight is 517 g/mol. The highest BCUT2D eigenvalue weighted by molar-refractivity contribution is 7.92. The fraction of sp³-hybridized carbons (Fsp3) is 0.435. The van der Waals surface area contributed by atoms with E-state index >= 15 is 0 Å². The number of rotatable bonds is 5. The van der Waals surface area contributed by atoms with E-state index in [0.717, 1.165) is 6.07 Å². The Bertz CT molecular complexity index is 1240. The van der Waals surface area contributed by atoms with Gasteiger partial charge in [0.05, 0.1) is 21.8 Å². The molecule has 0 aliphatic heterocycles. The van der Waals surface area contributed by atoms with E-state index in [4.69, 9.17) is 17.3 Å². The minimum absolute atomic E-state index is 0.0609. The molecule has 2 aliphatic carbocycles. The van der Waals surface area contributed by atoms with Crippen LogP contribution in [0.25, 0.3) is 0 Å². The van der Waals surface area contributed by atoms with Crippen LogP contribution in [-0.2, 0) is 9.84 Å². The second-order valence-corrected chi connectivity index (χ2v) is 11.9. The van der Waals surface area contributed by atoms with Crippen molar-refractivity contribution >= 4 is 33.0 Å². The van der Waals surface area contributed by atoms with Crippen LogP contribution in [0.1, 0.15) is 36.5 Å². The van der Waals surface area contributed by atoms with Crippen molar-refractivity contribution in [1.29, 1.82) is 0 Å². The molecule has 4 rings (SSSR count). The van der Waals surface area contributed by atoms with Crippen molar-refractivity contribution in [2.45, 2.75) is 41.9 Å². The lowest BCUT2D eigenvalue weighted by molar-refractivity contribution is 0.102. The molecule has 184 valence electrons. The lowest BCUT2D eigenvalue weighted by Gasteiger charge is -2.41. The van der Waals surface area contributed by atoms with Gasteiger partial charge in [-0.15, -0.1) is 0 Å². The molecule has 2 aliphatic rings. The van der Waals surface area contributed by atoms with Crippen molar-refractivity contribution < 1.29 is 31.5 Å². The lowest BCUT2D eigenvalue weighted by Crippen LogP contribution is -2.54. The van der Waals surface area contributed by atoms with Crippen molar-refractivity contribution in [3.05, 3.63) is 58.4 Å². The summed E-state index contributed by atoms with van der Waals surface area (Å²) >= 11 is 6.24. The number of carbonyl (C=O) groups excluding carboxylic acids is 1. The average Bonchev–Trinajstić information content (AvgIpc) is 2.99. The summed E-state index contributed by atoms with van der Waals surface area (Å²) in [5.74, 6) is -5.94. The molecule has 0 aromatic heterocycles. The molecule has 6 nitrogen and oxygen atoms in total. The van der Waals surface area contributed by atoms with Gasteiger partial charge in [-0.2, -0.15) is 0 Å². The van der Waals surface area contributed by atoms with Gasteiger partial charge < -0.3 is 16.2 Å². The highest BCUT2D eigenvalue weighted by Gasteiger charge is 2.56. The molecule has 2 aromatic carbocycles. The number of carbonyl (C=O) groups is 1. The van der Waals surface area contributed by atoms with Crippen molar-refractivity contribution in [1.82, 2.24) is 0 Å². The van der Waals surface area contributed by atoms with Gasteiger partial charge in [0.2, 0.25) is 0 Å². The van der Waals surface area contributed by atoms with E-state index in [9.17, 15) is 31.5 Å².